The van der Waals surface area contributed by atoms with Crippen LogP contribution in [0, 0.1) is 17.5 Å². The maximum absolute atomic E-state index is 13.6. The zero-order chi connectivity index (χ0) is 14.8. The molecule has 0 aliphatic rings. The molecule has 0 atom stereocenters. The first-order valence-electron chi connectivity index (χ1n) is 6.36. The molecule has 2 aromatic carbocycles. The van der Waals surface area contributed by atoms with Gasteiger partial charge in [-0.15, -0.1) is 0 Å². The van der Waals surface area contributed by atoms with Crippen LogP contribution < -0.4 is 5.32 Å². The third kappa shape index (κ3) is 2.67. The number of para-hydroxylation sites is 1. The molecule has 3 aromatic rings. The van der Waals surface area contributed by atoms with Gasteiger partial charge in [0.05, 0.1) is 11.2 Å². The summed E-state index contributed by atoms with van der Waals surface area (Å²) < 4.78 is 39.6. The Bertz CT molecular complexity index is 797. The fourth-order valence-electron chi connectivity index (χ4n) is 2.16. The van der Waals surface area contributed by atoms with Crippen LogP contribution in [0.3, 0.4) is 0 Å². The summed E-state index contributed by atoms with van der Waals surface area (Å²) in [6.07, 6.45) is 1.67. The Morgan fingerprint density at radius 3 is 2.52 bits per heavy atom. The van der Waals surface area contributed by atoms with E-state index in [1.807, 2.05) is 30.3 Å². The zero-order valence-corrected chi connectivity index (χ0v) is 10.9. The van der Waals surface area contributed by atoms with Crippen molar-refractivity contribution in [2.24, 2.45) is 0 Å². The molecule has 0 aliphatic carbocycles. The van der Waals surface area contributed by atoms with Crippen molar-refractivity contribution in [2.45, 2.75) is 6.54 Å². The smallest absolute Gasteiger partial charge is 0.161 e. The molecule has 21 heavy (non-hydrogen) atoms. The molecule has 0 aliphatic heterocycles. The summed E-state index contributed by atoms with van der Waals surface area (Å²) >= 11 is 0. The van der Waals surface area contributed by atoms with Gasteiger partial charge in [0.15, 0.2) is 11.6 Å². The number of rotatable bonds is 3. The van der Waals surface area contributed by atoms with Crippen LogP contribution in [0.5, 0.6) is 0 Å². The quantitative estimate of drug-likeness (QED) is 0.728. The standard InChI is InChI=1S/C16H11F3N2/c17-12-7-14(19)15(8-13(12)18)21-9-11-4-1-3-10-5-2-6-20-16(10)11/h1-8,21H,9H2. The van der Waals surface area contributed by atoms with Gasteiger partial charge in [-0.1, -0.05) is 24.3 Å². The summed E-state index contributed by atoms with van der Waals surface area (Å²) in [4.78, 5) is 4.28. The maximum Gasteiger partial charge on any atom is 0.161 e. The summed E-state index contributed by atoms with van der Waals surface area (Å²) in [5, 5.41) is 3.73. The van der Waals surface area contributed by atoms with Crippen LogP contribution in [0.15, 0.2) is 48.7 Å². The van der Waals surface area contributed by atoms with E-state index in [0.29, 0.717) is 6.07 Å². The number of halogens is 3. The van der Waals surface area contributed by atoms with Gasteiger partial charge in [0, 0.05) is 30.3 Å². The van der Waals surface area contributed by atoms with Crippen molar-refractivity contribution < 1.29 is 13.2 Å². The number of nitrogens with one attached hydrogen (secondary N) is 1. The number of hydrogen-bond acceptors (Lipinski definition) is 2. The van der Waals surface area contributed by atoms with E-state index >= 15 is 0 Å². The van der Waals surface area contributed by atoms with Gasteiger partial charge in [0.1, 0.15) is 5.82 Å². The average Bonchev–Trinajstić information content (AvgIpc) is 2.49. The van der Waals surface area contributed by atoms with Gasteiger partial charge < -0.3 is 5.32 Å². The molecule has 2 nitrogen and oxygen atoms in total. The Kier molecular flexibility index (Phi) is 3.48. The fraction of sp³-hybridized carbons (Fsp3) is 0.0625. The van der Waals surface area contributed by atoms with Crippen LogP contribution in [0.4, 0.5) is 18.9 Å². The molecule has 1 heterocycles. The van der Waals surface area contributed by atoms with E-state index in [0.717, 1.165) is 22.5 Å². The molecule has 0 unspecified atom stereocenters. The molecular weight excluding hydrogens is 277 g/mol. The molecular formula is C16H11F3N2. The van der Waals surface area contributed by atoms with E-state index in [9.17, 15) is 13.2 Å². The first-order chi connectivity index (χ1) is 10.1. The number of pyridine rings is 1. The molecule has 0 saturated carbocycles. The topological polar surface area (TPSA) is 24.9 Å². The highest BCUT2D eigenvalue weighted by molar-refractivity contribution is 5.81. The van der Waals surface area contributed by atoms with E-state index in [1.165, 1.54) is 0 Å². The van der Waals surface area contributed by atoms with Crippen molar-refractivity contribution in [1.29, 1.82) is 0 Å². The molecule has 1 N–H and O–H groups in total. The lowest BCUT2D eigenvalue weighted by atomic mass is 10.1. The number of nitrogens with zero attached hydrogens (tertiary/aromatic N) is 1. The van der Waals surface area contributed by atoms with Crippen LogP contribution in [0.25, 0.3) is 10.9 Å². The number of fused-ring (bicyclic) bond motifs is 1. The number of hydrogen-bond donors (Lipinski definition) is 1. The molecule has 0 saturated heterocycles. The second-order valence-electron chi connectivity index (χ2n) is 4.59. The lowest BCUT2D eigenvalue weighted by molar-refractivity contribution is 0.496. The lowest BCUT2D eigenvalue weighted by Crippen LogP contribution is -2.04. The molecule has 0 radical (unpaired) electrons. The van der Waals surface area contributed by atoms with E-state index in [4.69, 9.17) is 0 Å². The summed E-state index contributed by atoms with van der Waals surface area (Å²) in [5.74, 6) is -3.12. The van der Waals surface area contributed by atoms with Crippen molar-refractivity contribution in [1.82, 2.24) is 4.98 Å². The van der Waals surface area contributed by atoms with E-state index in [-0.39, 0.29) is 12.2 Å². The van der Waals surface area contributed by atoms with Crippen LogP contribution in [0.2, 0.25) is 0 Å². The Balaban J connectivity index is 1.89. The molecule has 1 aromatic heterocycles. The van der Waals surface area contributed by atoms with Gasteiger partial charge in [-0.3, -0.25) is 4.98 Å². The number of benzene rings is 2. The molecule has 0 bridgehead atoms. The number of aromatic nitrogens is 1. The van der Waals surface area contributed by atoms with Crippen molar-refractivity contribution in [2.75, 3.05) is 5.32 Å². The van der Waals surface area contributed by atoms with E-state index < -0.39 is 17.5 Å². The minimum Gasteiger partial charge on any atom is -0.378 e. The first kappa shape index (κ1) is 13.4. The largest absolute Gasteiger partial charge is 0.378 e. The molecule has 0 spiro atoms. The minimum absolute atomic E-state index is 0.0816. The second kappa shape index (κ2) is 5.44. The number of anilines is 1. The highest BCUT2D eigenvalue weighted by Crippen LogP contribution is 2.21. The average molecular weight is 288 g/mol. The highest BCUT2D eigenvalue weighted by Gasteiger charge is 2.10. The first-order valence-corrected chi connectivity index (χ1v) is 6.36. The van der Waals surface area contributed by atoms with Crippen molar-refractivity contribution in [3.8, 4) is 0 Å². The normalized spacial score (nSPS) is 10.8. The molecule has 5 heteroatoms. The van der Waals surface area contributed by atoms with E-state index in [1.54, 1.807) is 6.20 Å². The van der Waals surface area contributed by atoms with Gasteiger partial charge in [-0.05, 0) is 11.6 Å². The SMILES string of the molecule is Fc1cc(F)c(NCc2cccc3cccnc23)cc1F. The Hall–Kier alpha value is -2.56. The zero-order valence-electron chi connectivity index (χ0n) is 10.9. The van der Waals surface area contributed by atoms with Gasteiger partial charge in [-0.25, -0.2) is 13.2 Å². The van der Waals surface area contributed by atoms with Gasteiger partial charge in [-0.2, -0.15) is 0 Å². The molecule has 106 valence electrons. The van der Waals surface area contributed by atoms with Gasteiger partial charge in [0.25, 0.3) is 0 Å². The van der Waals surface area contributed by atoms with Crippen molar-refractivity contribution in [3.05, 3.63) is 71.7 Å². The Morgan fingerprint density at radius 1 is 0.905 bits per heavy atom. The third-order valence-electron chi connectivity index (χ3n) is 3.20. The van der Waals surface area contributed by atoms with Crippen LogP contribution in [-0.2, 0) is 6.54 Å². The summed E-state index contributed by atoms with van der Waals surface area (Å²) in [5.41, 5.74) is 1.55. The van der Waals surface area contributed by atoms with Gasteiger partial charge in [0.2, 0.25) is 0 Å². The van der Waals surface area contributed by atoms with Crippen molar-refractivity contribution >= 4 is 16.6 Å². The monoisotopic (exact) mass is 288 g/mol. The van der Waals surface area contributed by atoms with E-state index in [2.05, 4.69) is 10.3 Å². The van der Waals surface area contributed by atoms with Crippen LogP contribution in [0.1, 0.15) is 5.56 Å². The maximum atomic E-state index is 13.6. The van der Waals surface area contributed by atoms with Crippen LogP contribution >= 0.6 is 0 Å². The minimum atomic E-state index is -1.20. The molecule has 0 amide bonds. The Morgan fingerprint density at radius 2 is 1.67 bits per heavy atom. The molecule has 3 rings (SSSR count). The fourth-order valence-corrected chi connectivity index (χ4v) is 2.16. The Labute approximate surface area is 119 Å². The highest BCUT2D eigenvalue weighted by atomic mass is 19.2. The summed E-state index contributed by atoms with van der Waals surface area (Å²) in [7, 11) is 0. The predicted molar refractivity (Wildman–Crippen MR) is 75.4 cm³/mol. The van der Waals surface area contributed by atoms with Gasteiger partial charge >= 0.3 is 0 Å². The van der Waals surface area contributed by atoms with Crippen LogP contribution in [-0.4, -0.2) is 4.98 Å². The summed E-state index contributed by atoms with van der Waals surface area (Å²) in [6.45, 7) is 0.260. The lowest BCUT2D eigenvalue weighted by Gasteiger charge is -2.10. The third-order valence-corrected chi connectivity index (χ3v) is 3.20. The second-order valence-corrected chi connectivity index (χ2v) is 4.59. The summed E-state index contributed by atoms with van der Waals surface area (Å²) in [6, 6.07) is 10.7. The van der Waals surface area contributed by atoms with Crippen molar-refractivity contribution in [3.63, 3.8) is 0 Å². The predicted octanol–water partition coefficient (Wildman–Crippen LogP) is 4.26. The molecule has 0 fully saturated rings.